The highest BCUT2D eigenvalue weighted by molar-refractivity contribution is 5.70. The van der Waals surface area contributed by atoms with Crippen LogP contribution in [-0.4, -0.2) is 41.3 Å². The number of amides is 1. The van der Waals surface area contributed by atoms with Crippen molar-refractivity contribution < 1.29 is 14.3 Å². The number of hydrogen-bond acceptors (Lipinski definition) is 3. The summed E-state index contributed by atoms with van der Waals surface area (Å²) in [6.07, 6.45) is -1.33. The van der Waals surface area contributed by atoms with E-state index in [1.807, 2.05) is 49.1 Å². The first-order chi connectivity index (χ1) is 9.99. The molecule has 2 unspecified atom stereocenters. The quantitative estimate of drug-likeness (QED) is 0.879. The van der Waals surface area contributed by atoms with Crippen molar-refractivity contribution in [2.45, 2.75) is 46.0 Å². The van der Waals surface area contributed by atoms with E-state index in [1.54, 1.807) is 0 Å². The molecule has 1 fully saturated rings. The largest absolute Gasteiger partial charge is 0.390 e. The standard InChI is InChI=1S/C12H16FNO.C2H5NO.C2H6/c13-11-9-14(7-6-12(11)15)8-10-4-2-1-3-5-10;1-2(3)4;1-2/h1-5,11-12,15H,6-9H2;1H3,(H2,3,4);1-2H3. The lowest BCUT2D eigenvalue weighted by atomic mass is 10.1. The summed E-state index contributed by atoms with van der Waals surface area (Å²) in [5.41, 5.74) is 5.67. The van der Waals surface area contributed by atoms with Crippen molar-refractivity contribution in [2.75, 3.05) is 13.1 Å². The predicted molar refractivity (Wildman–Crippen MR) is 83.5 cm³/mol. The Morgan fingerprint density at radius 1 is 1.38 bits per heavy atom. The second kappa shape index (κ2) is 11.2. The highest BCUT2D eigenvalue weighted by atomic mass is 19.1. The average Bonchev–Trinajstić information content (AvgIpc) is 2.46. The number of carbonyl (C=O) groups is 1. The summed E-state index contributed by atoms with van der Waals surface area (Å²) >= 11 is 0. The van der Waals surface area contributed by atoms with Gasteiger partial charge in [-0.3, -0.25) is 9.69 Å². The maximum atomic E-state index is 13.2. The maximum Gasteiger partial charge on any atom is 0.214 e. The van der Waals surface area contributed by atoms with Gasteiger partial charge in [-0.15, -0.1) is 0 Å². The van der Waals surface area contributed by atoms with Gasteiger partial charge in [-0.1, -0.05) is 44.2 Å². The van der Waals surface area contributed by atoms with E-state index in [2.05, 4.69) is 5.73 Å². The van der Waals surface area contributed by atoms with Crippen molar-refractivity contribution in [1.29, 1.82) is 0 Å². The number of halogens is 1. The molecular weight excluding hydrogens is 271 g/mol. The first kappa shape index (κ1) is 19.5. The summed E-state index contributed by atoms with van der Waals surface area (Å²) in [5, 5.41) is 9.26. The smallest absolute Gasteiger partial charge is 0.214 e. The van der Waals surface area contributed by atoms with E-state index in [0.717, 1.165) is 13.1 Å². The van der Waals surface area contributed by atoms with Crippen LogP contribution in [0.2, 0.25) is 0 Å². The van der Waals surface area contributed by atoms with Gasteiger partial charge in [0.25, 0.3) is 0 Å². The first-order valence-corrected chi connectivity index (χ1v) is 7.33. The number of alkyl halides is 1. The van der Waals surface area contributed by atoms with Crippen LogP contribution >= 0.6 is 0 Å². The van der Waals surface area contributed by atoms with E-state index in [1.165, 1.54) is 12.5 Å². The van der Waals surface area contributed by atoms with Crippen molar-refractivity contribution in [3.8, 4) is 0 Å². The van der Waals surface area contributed by atoms with Gasteiger partial charge in [-0.25, -0.2) is 4.39 Å². The molecule has 0 radical (unpaired) electrons. The fraction of sp³-hybridized carbons (Fsp3) is 0.562. The number of nitrogens with two attached hydrogens (primary N) is 1. The number of aliphatic hydroxyl groups excluding tert-OH is 1. The van der Waals surface area contributed by atoms with Crippen LogP contribution in [0, 0.1) is 0 Å². The second-order valence-electron chi connectivity index (χ2n) is 4.70. The number of nitrogens with zero attached hydrogens (tertiary/aromatic N) is 1. The normalized spacial score (nSPS) is 21.4. The predicted octanol–water partition coefficient (Wildman–Crippen LogP) is 2.11. The van der Waals surface area contributed by atoms with Gasteiger partial charge < -0.3 is 10.8 Å². The van der Waals surface area contributed by atoms with Gasteiger partial charge in [-0.2, -0.15) is 0 Å². The molecule has 1 aliphatic rings. The molecule has 3 N–H and O–H groups in total. The van der Waals surface area contributed by atoms with E-state index in [9.17, 15) is 14.3 Å². The summed E-state index contributed by atoms with van der Waals surface area (Å²) in [6, 6.07) is 10.0. The van der Waals surface area contributed by atoms with Crippen LogP contribution in [0.4, 0.5) is 4.39 Å². The molecule has 2 rings (SSSR count). The van der Waals surface area contributed by atoms with Gasteiger partial charge in [-0.05, 0) is 12.0 Å². The number of hydrogen-bond donors (Lipinski definition) is 2. The van der Waals surface area contributed by atoms with E-state index in [4.69, 9.17) is 0 Å². The molecule has 1 amide bonds. The molecule has 1 aromatic carbocycles. The molecule has 120 valence electrons. The zero-order valence-corrected chi connectivity index (χ0v) is 13.1. The number of benzene rings is 1. The summed E-state index contributed by atoms with van der Waals surface area (Å²) in [6.45, 7) is 7.19. The van der Waals surface area contributed by atoms with Crippen LogP contribution < -0.4 is 5.73 Å². The van der Waals surface area contributed by atoms with Gasteiger partial charge in [0.05, 0.1) is 6.10 Å². The molecule has 0 saturated carbocycles. The van der Waals surface area contributed by atoms with Crippen LogP contribution in [-0.2, 0) is 11.3 Å². The van der Waals surface area contributed by atoms with Crippen molar-refractivity contribution in [3.05, 3.63) is 35.9 Å². The summed E-state index contributed by atoms with van der Waals surface area (Å²) in [4.78, 5) is 11.3. The first-order valence-electron chi connectivity index (χ1n) is 7.33. The Kier molecular flexibility index (Phi) is 10.4. The lowest BCUT2D eigenvalue weighted by molar-refractivity contribution is -0.115. The lowest BCUT2D eigenvalue weighted by Gasteiger charge is -2.32. The third-order valence-electron chi connectivity index (χ3n) is 2.84. The van der Waals surface area contributed by atoms with Crippen LogP contribution in [0.1, 0.15) is 32.8 Å². The molecule has 21 heavy (non-hydrogen) atoms. The molecule has 1 heterocycles. The fourth-order valence-corrected chi connectivity index (χ4v) is 1.94. The Labute approximate surface area is 126 Å². The number of likely N-dealkylation sites (tertiary alicyclic amines) is 1. The Morgan fingerprint density at radius 3 is 2.38 bits per heavy atom. The van der Waals surface area contributed by atoms with Gasteiger partial charge in [0.15, 0.2) is 0 Å². The molecule has 4 nitrogen and oxygen atoms in total. The van der Waals surface area contributed by atoms with Gasteiger partial charge in [0.2, 0.25) is 5.91 Å². The Bertz CT molecular complexity index is 383. The molecule has 0 aliphatic carbocycles. The molecule has 2 atom stereocenters. The summed E-state index contributed by atoms with van der Waals surface area (Å²) in [7, 11) is 0. The van der Waals surface area contributed by atoms with Crippen molar-refractivity contribution in [2.24, 2.45) is 5.73 Å². The molecule has 0 bridgehead atoms. The molecule has 1 aliphatic heterocycles. The highest BCUT2D eigenvalue weighted by Gasteiger charge is 2.26. The Hall–Kier alpha value is -1.46. The van der Waals surface area contributed by atoms with E-state index in [0.29, 0.717) is 13.0 Å². The molecular formula is C16H27FN2O2. The molecule has 0 spiro atoms. The van der Waals surface area contributed by atoms with E-state index < -0.39 is 12.3 Å². The van der Waals surface area contributed by atoms with Crippen LogP contribution in [0.3, 0.4) is 0 Å². The van der Waals surface area contributed by atoms with Crippen LogP contribution in [0.25, 0.3) is 0 Å². The molecule has 1 aromatic rings. The number of primary amides is 1. The topological polar surface area (TPSA) is 66.6 Å². The van der Waals surface area contributed by atoms with Crippen molar-refractivity contribution in [3.63, 3.8) is 0 Å². The zero-order valence-electron chi connectivity index (χ0n) is 13.1. The lowest BCUT2D eigenvalue weighted by Crippen LogP contribution is -2.43. The molecule has 1 saturated heterocycles. The number of aliphatic hydroxyl groups is 1. The van der Waals surface area contributed by atoms with Gasteiger partial charge >= 0.3 is 0 Å². The van der Waals surface area contributed by atoms with Gasteiger partial charge in [0, 0.05) is 26.6 Å². The summed E-state index contributed by atoms with van der Waals surface area (Å²) in [5.74, 6) is -0.333. The zero-order chi connectivity index (χ0) is 16.3. The highest BCUT2D eigenvalue weighted by Crippen LogP contribution is 2.16. The Balaban J connectivity index is 0.000000579. The third kappa shape index (κ3) is 9.15. The maximum absolute atomic E-state index is 13.2. The minimum atomic E-state index is -1.09. The minimum Gasteiger partial charge on any atom is -0.390 e. The SMILES string of the molecule is CC.CC(N)=O.OC1CCN(Cc2ccccc2)CC1F. The minimum absolute atomic E-state index is 0.333. The average molecular weight is 298 g/mol. The monoisotopic (exact) mass is 298 g/mol. The van der Waals surface area contributed by atoms with Gasteiger partial charge in [0.1, 0.15) is 6.17 Å². The molecule has 0 aromatic heterocycles. The number of carbonyl (C=O) groups excluding carboxylic acids is 1. The van der Waals surface area contributed by atoms with E-state index >= 15 is 0 Å². The second-order valence-corrected chi connectivity index (χ2v) is 4.70. The van der Waals surface area contributed by atoms with Crippen LogP contribution in [0.5, 0.6) is 0 Å². The number of piperidine rings is 1. The Morgan fingerprint density at radius 2 is 1.90 bits per heavy atom. The van der Waals surface area contributed by atoms with E-state index in [-0.39, 0.29) is 5.91 Å². The summed E-state index contributed by atoms with van der Waals surface area (Å²) < 4.78 is 13.2. The third-order valence-corrected chi connectivity index (χ3v) is 2.84. The van der Waals surface area contributed by atoms with Crippen LogP contribution in [0.15, 0.2) is 30.3 Å². The van der Waals surface area contributed by atoms with Crippen molar-refractivity contribution >= 4 is 5.91 Å². The molecule has 5 heteroatoms. The number of rotatable bonds is 2. The van der Waals surface area contributed by atoms with Crippen molar-refractivity contribution in [1.82, 2.24) is 4.90 Å². The fourth-order valence-electron chi connectivity index (χ4n) is 1.94.